The van der Waals surface area contributed by atoms with Crippen LogP contribution in [-0.4, -0.2) is 23.0 Å². The smallest absolute Gasteiger partial charge is 0.0787 e. The van der Waals surface area contributed by atoms with Gasteiger partial charge in [-0.2, -0.15) is 0 Å². The molecule has 4 heteroatoms. The number of fused-ring (bicyclic) bond motifs is 5. The summed E-state index contributed by atoms with van der Waals surface area (Å²) in [6.45, 7) is 5.27. The number of aromatic nitrogens is 1. The molecule has 0 saturated carbocycles. The third-order valence-corrected chi connectivity index (χ3v) is 6.52. The first kappa shape index (κ1) is 18.9. The van der Waals surface area contributed by atoms with Gasteiger partial charge in [0.25, 0.3) is 0 Å². The summed E-state index contributed by atoms with van der Waals surface area (Å²) in [5.74, 6) is 0. The van der Waals surface area contributed by atoms with E-state index in [9.17, 15) is 0 Å². The van der Waals surface area contributed by atoms with E-state index in [0.717, 1.165) is 49.2 Å². The second-order valence-electron chi connectivity index (χ2n) is 7.72. The Morgan fingerprint density at radius 3 is 2.52 bits per heavy atom. The molecule has 2 nitrogen and oxygen atoms in total. The molecule has 0 radical (unpaired) electrons. The van der Waals surface area contributed by atoms with Crippen molar-refractivity contribution in [3.63, 3.8) is 0 Å². The van der Waals surface area contributed by atoms with E-state index < -0.39 is 0 Å². The molecular weight excluding hydrogens is 399 g/mol. The molecule has 2 heterocycles. The van der Waals surface area contributed by atoms with Gasteiger partial charge in [0.15, 0.2) is 0 Å². The third kappa shape index (κ3) is 3.20. The van der Waals surface area contributed by atoms with Crippen molar-refractivity contribution < 1.29 is 0 Å². The summed E-state index contributed by atoms with van der Waals surface area (Å²) in [7, 11) is 0. The van der Waals surface area contributed by atoms with Crippen molar-refractivity contribution in [2.75, 3.05) is 13.1 Å². The molecule has 0 saturated heterocycles. The highest BCUT2D eigenvalue weighted by molar-refractivity contribution is 6.39. The summed E-state index contributed by atoms with van der Waals surface area (Å²) in [5, 5.41) is 5.11. The molecule has 0 unspecified atom stereocenters. The van der Waals surface area contributed by atoms with Gasteiger partial charge in [0.05, 0.1) is 21.3 Å². The van der Waals surface area contributed by atoms with Gasteiger partial charge in [-0.15, -0.1) is 0 Å². The molecule has 0 N–H and O–H groups in total. The SMILES string of the molecule is CCCN1CCc2c(c(-c3c(Cl)cccc3Cl)nc3ccc4ccccc4c23)C1. The molecule has 0 fully saturated rings. The van der Waals surface area contributed by atoms with E-state index >= 15 is 0 Å². The van der Waals surface area contributed by atoms with Gasteiger partial charge < -0.3 is 0 Å². The fraction of sp³-hybridized carbons (Fsp3) is 0.240. The molecule has 146 valence electrons. The van der Waals surface area contributed by atoms with E-state index in [1.165, 1.54) is 27.3 Å². The van der Waals surface area contributed by atoms with Gasteiger partial charge in [-0.3, -0.25) is 4.90 Å². The molecule has 29 heavy (non-hydrogen) atoms. The monoisotopic (exact) mass is 420 g/mol. The molecule has 0 aliphatic carbocycles. The largest absolute Gasteiger partial charge is 0.299 e. The van der Waals surface area contributed by atoms with E-state index in [4.69, 9.17) is 28.2 Å². The maximum absolute atomic E-state index is 6.61. The van der Waals surface area contributed by atoms with Gasteiger partial charge in [-0.1, -0.05) is 66.5 Å². The summed E-state index contributed by atoms with van der Waals surface area (Å²) < 4.78 is 0. The van der Waals surface area contributed by atoms with Crippen LogP contribution >= 0.6 is 23.2 Å². The van der Waals surface area contributed by atoms with E-state index in [0.29, 0.717) is 10.0 Å². The number of benzene rings is 3. The van der Waals surface area contributed by atoms with Gasteiger partial charge in [-0.05, 0) is 59.5 Å². The molecule has 0 amide bonds. The van der Waals surface area contributed by atoms with Crippen molar-refractivity contribution in [1.82, 2.24) is 9.88 Å². The van der Waals surface area contributed by atoms with Crippen LogP contribution in [0.1, 0.15) is 24.5 Å². The van der Waals surface area contributed by atoms with Gasteiger partial charge in [0.2, 0.25) is 0 Å². The van der Waals surface area contributed by atoms with Crippen molar-refractivity contribution in [1.29, 1.82) is 0 Å². The van der Waals surface area contributed by atoms with Crippen molar-refractivity contribution in [2.45, 2.75) is 26.3 Å². The fourth-order valence-electron chi connectivity index (χ4n) is 4.61. The fourth-order valence-corrected chi connectivity index (χ4v) is 5.19. The second-order valence-corrected chi connectivity index (χ2v) is 8.54. The zero-order chi connectivity index (χ0) is 20.0. The second kappa shape index (κ2) is 7.60. The predicted octanol–water partition coefficient (Wildman–Crippen LogP) is 7.13. The quantitative estimate of drug-likeness (QED) is 0.327. The van der Waals surface area contributed by atoms with E-state index in [1.807, 2.05) is 18.2 Å². The Morgan fingerprint density at radius 1 is 0.931 bits per heavy atom. The molecule has 1 aromatic heterocycles. The lowest BCUT2D eigenvalue weighted by Gasteiger charge is -2.31. The Bertz CT molecular complexity index is 1210. The molecule has 4 aromatic rings. The van der Waals surface area contributed by atoms with Gasteiger partial charge in [-0.25, -0.2) is 4.98 Å². The average molecular weight is 421 g/mol. The van der Waals surface area contributed by atoms with Gasteiger partial charge in [0.1, 0.15) is 0 Å². The van der Waals surface area contributed by atoms with E-state index in [1.54, 1.807) is 0 Å². The molecule has 1 aliphatic heterocycles. The Morgan fingerprint density at radius 2 is 1.72 bits per heavy atom. The van der Waals surface area contributed by atoms with Crippen LogP contribution in [0.3, 0.4) is 0 Å². The van der Waals surface area contributed by atoms with Crippen LogP contribution in [0.2, 0.25) is 10.0 Å². The summed E-state index contributed by atoms with van der Waals surface area (Å²) in [6.07, 6.45) is 2.15. The van der Waals surface area contributed by atoms with E-state index in [2.05, 4.69) is 48.2 Å². The van der Waals surface area contributed by atoms with Gasteiger partial charge >= 0.3 is 0 Å². The highest BCUT2D eigenvalue weighted by Gasteiger charge is 2.25. The Kier molecular flexibility index (Phi) is 4.95. The highest BCUT2D eigenvalue weighted by Crippen LogP contribution is 2.41. The average Bonchev–Trinajstić information content (AvgIpc) is 2.73. The van der Waals surface area contributed by atoms with Crippen molar-refractivity contribution >= 4 is 44.9 Å². The number of halogens is 2. The van der Waals surface area contributed by atoms with Crippen molar-refractivity contribution in [3.05, 3.63) is 75.8 Å². The van der Waals surface area contributed by atoms with E-state index in [-0.39, 0.29) is 0 Å². The first-order chi connectivity index (χ1) is 14.2. The molecule has 0 atom stereocenters. The highest BCUT2D eigenvalue weighted by atomic mass is 35.5. The normalized spacial score (nSPS) is 14.4. The first-order valence-electron chi connectivity index (χ1n) is 10.2. The zero-order valence-corrected chi connectivity index (χ0v) is 17.9. The molecule has 3 aromatic carbocycles. The lowest BCUT2D eigenvalue weighted by atomic mass is 9.89. The Labute approximate surface area is 181 Å². The maximum Gasteiger partial charge on any atom is 0.0787 e. The molecule has 1 aliphatic rings. The predicted molar refractivity (Wildman–Crippen MR) is 124 cm³/mol. The number of pyridine rings is 1. The van der Waals surface area contributed by atoms with Crippen molar-refractivity contribution in [2.24, 2.45) is 0 Å². The zero-order valence-electron chi connectivity index (χ0n) is 16.4. The minimum atomic E-state index is 0.653. The lowest BCUT2D eigenvalue weighted by Crippen LogP contribution is -2.32. The summed E-state index contributed by atoms with van der Waals surface area (Å²) in [5.41, 5.74) is 5.45. The van der Waals surface area contributed by atoms with Crippen LogP contribution in [0.5, 0.6) is 0 Å². The molecule has 0 spiro atoms. The topological polar surface area (TPSA) is 16.1 Å². The Balaban J connectivity index is 1.86. The standard InChI is InChI=1S/C25H22Cl2N2/c1-2-13-29-14-12-18-19(15-29)25(24-20(26)8-5-9-21(24)27)28-22-11-10-16-6-3-4-7-17(16)23(18)22/h3-11H,2,12-15H2,1H3. The first-order valence-corrected chi connectivity index (χ1v) is 10.9. The van der Waals surface area contributed by atoms with Crippen LogP contribution in [0.4, 0.5) is 0 Å². The number of nitrogens with zero attached hydrogens (tertiary/aromatic N) is 2. The van der Waals surface area contributed by atoms with Crippen molar-refractivity contribution in [3.8, 4) is 11.3 Å². The van der Waals surface area contributed by atoms with Crippen LogP contribution in [0, 0.1) is 0 Å². The summed E-state index contributed by atoms with van der Waals surface area (Å²) in [4.78, 5) is 7.64. The summed E-state index contributed by atoms with van der Waals surface area (Å²) in [6, 6.07) is 18.5. The van der Waals surface area contributed by atoms with Crippen LogP contribution in [0.15, 0.2) is 54.6 Å². The Hall–Kier alpha value is -2.13. The lowest BCUT2D eigenvalue weighted by molar-refractivity contribution is 0.255. The minimum absolute atomic E-state index is 0.653. The number of hydrogen-bond donors (Lipinski definition) is 0. The van der Waals surface area contributed by atoms with Crippen LogP contribution in [-0.2, 0) is 13.0 Å². The van der Waals surface area contributed by atoms with Crippen LogP contribution in [0.25, 0.3) is 32.9 Å². The third-order valence-electron chi connectivity index (χ3n) is 5.89. The maximum atomic E-state index is 6.61. The number of hydrogen-bond acceptors (Lipinski definition) is 2. The minimum Gasteiger partial charge on any atom is -0.299 e. The number of rotatable bonds is 3. The molecular formula is C25H22Cl2N2. The van der Waals surface area contributed by atoms with Gasteiger partial charge in [0, 0.05) is 24.0 Å². The molecule has 0 bridgehead atoms. The summed E-state index contributed by atoms with van der Waals surface area (Å²) >= 11 is 13.2. The van der Waals surface area contributed by atoms with Crippen LogP contribution < -0.4 is 0 Å². The molecule has 5 rings (SSSR count).